The lowest BCUT2D eigenvalue weighted by atomic mass is 10.1. The van der Waals surface area contributed by atoms with Crippen molar-refractivity contribution in [2.45, 2.75) is 45.3 Å². The van der Waals surface area contributed by atoms with Gasteiger partial charge in [0, 0.05) is 30.3 Å². The van der Waals surface area contributed by atoms with Gasteiger partial charge in [0.05, 0.1) is 11.0 Å². The van der Waals surface area contributed by atoms with Crippen LogP contribution in [-0.2, 0) is 4.79 Å². The maximum Gasteiger partial charge on any atom is 0.271 e. The van der Waals surface area contributed by atoms with E-state index in [9.17, 15) is 20.0 Å². The van der Waals surface area contributed by atoms with Gasteiger partial charge in [-0.1, -0.05) is 13.0 Å². The van der Waals surface area contributed by atoms with E-state index in [-0.39, 0.29) is 30.2 Å². The number of nitro groups is 1. The first kappa shape index (κ1) is 18.1. The number of carbonyl (C=O) groups excluding carboxylic acids is 1. The molecule has 0 saturated carbocycles. The van der Waals surface area contributed by atoms with Crippen LogP contribution in [0.1, 0.15) is 33.1 Å². The molecule has 1 amide bonds. The molecule has 7 nitrogen and oxygen atoms in total. The molecule has 2 unspecified atom stereocenters. The zero-order valence-corrected chi connectivity index (χ0v) is 12.9. The monoisotopic (exact) mass is 309 g/mol. The van der Waals surface area contributed by atoms with Crippen LogP contribution in [0.4, 0.5) is 11.4 Å². The van der Waals surface area contributed by atoms with E-state index in [1.165, 1.54) is 18.2 Å². The smallest absolute Gasteiger partial charge is 0.271 e. The van der Waals surface area contributed by atoms with E-state index in [2.05, 4.69) is 10.6 Å². The molecule has 0 radical (unpaired) electrons. The third-order valence-corrected chi connectivity index (χ3v) is 3.27. The molecule has 0 aliphatic carbocycles. The van der Waals surface area contributed by atoms with Gasteiger partial charge in [-0.2, -0.15) is 0 Å². The number of benzene rings is 1. The van der Waals surface area contributed by atoms with Crippen molar-refractivity contribution in [2.24, 2.45) is 0 Å². The molecule has 0 saturated heterocycles. The molecule has 1 aromatic rings. The molecule has 1 rings (SSSR count). The molecule has 2 atom stereocenters. The third kappa shape index (κ3) is 6.64. The number of non-ortho nitro benzene ring substituents is 1. The highest BCUT2D eigenvalue weighted by atomic mass is 16.6. The molecule has 0 bridgehead atoms. The predicted molar refractivity (Wildman–Crippen MR) is 84.7 cm³/mol. The summed E-state index contributed by atoms with van der Waals surface area (Å²) in [6.07, 6.45) is 1.29. The summed E-state index contributed by atoms with van der Waals surface area (Å²) in [7, 11) is 0. The van der Waals surface area contributed by atoms with Gasteiger partial charge in [0.2, 0.25) is 5.91 Å². The number of hydrogen-bond donors (Lipinski definition) is 3. The second-order valence-corrected chi connectivity index (χ2v) is 5.27. The van der Waals surface area contributed by atoms with Crippen LogP contribution in [0.5, 0.6) is 0 Å². The van der Waals surface area contributed by atoms with Gasteiger partial charge in [-0.3, -0.25) is 14.9 Å². The van der Waals surface area contributed by atoms with E-state index < -0.39 is 4.92 Å². The van der Waals surface area contributed by atoms with Gasteiger partial charge >= 0.3 is 0 Å². The van der Waals surface area contributed by atoms with Crippen LogP contribution in [0.2, 0.25) is 0 Å². The maximum atomic E-state index is 11.9. The van der Waals surface area contributed by atoms with Crippen molar-refractivity contribution in [3.63, 3.8) is 0 Å². The minimum atomic E-state index is -0.501. The van der Waals surface area contributed by atoms with Crippen LogP contribution in [0.3, 0.4) is 0 Å². The summed E-state index contributed by atoms with van der Waals surface area (Å²) in [5.74, 6) is -0.212. The van der Waals surface area contributed by atoms with Crippen LogP contribution in [0.25, 0.3) is 0 Å². The topological polar surface area (TPSA) is 104 Å². The second kappa shape index (κ2) is 9.11. The highest BCUT2D eigenvalue weighted by molar-refractivity contribution is 5.91. The van der Waals surface area contributed by atoms with Gasteiger partial charge in [0.15, 0.2) is 0 Å². The van der Waals surface area contributed by atoms with Crippen molar-refractivity contribution in [2.75, 3.05) is 11.9 Å². The number of aliphatic hydroxyl groups is 1. The Labute approximate surface area is 129 Å². The van der Waals surface area contributed by atoms with Crippen LogP contribution >= 0.6 is 0 Å². The number of nitro benzene ring substituents is 1. The molecule has 122 valence electrons. The van der Waals surface area contributed by atoms with E-state index in [0.29, 0.717) is 25.1 Å². The molecule has 0 fully saturated rings. The fourth-order valence-electron chi connectivity index (χ4n) is 1.96. The first-order chi connectivity index (χ1) is 10.4. The SMILES string of the molecule is CCC(O)CCNC(C)CC(=O)Nc1cccc([N+](=O)[O-])c1. The highest BCUT2D eigenvalue weighted by Gasteiger charge is 2.11. The van der Waals surface area contributed by atoms with Crippen LogP contribution in [-0.4, -0.2) is 34.6 Å². The number of hydrogen-bond acceptors (Lipinski definition) is 5. The van der Waals surface area contributed by atoms with Gasteiger partial charge in [-0.15, -0.1) is 0 Å². The van der Waals surface area contributed by atoms with E-state index in [4.69, 9.17) is 0 Å². The number of rotatable bonds is 9. The van der Waals surface area contributed by atoms with Gasteiger partial charge < -0.3 is 15.7 Å². The third-order valence-electron chi connectivity index (χ3n) is 3.27. The number of aliphatic hydroxyl groups excluding tert-OH is 1. The molecule has 0 aliphatic heterocycles. The minimum Gasteiger partial charge on any atom is -0.393 e. The fraction of sp³-hybridized carbons (Fsp3) is 0.533. The van der Waals surface area contributed by atoms with E-state index >= 15 is 0 Å². The van der Waals surface area contributed by atoms with Gasteiger partial charge in [-0.05, 0) is 32.4 Å². The van der Waals surface area contributed by atoms with E-state index in [0.717, 1.165) is 0 Å². The van der Waals surface area contributed by atoms with Crippen LogP contribution in [0.15, 0.2) is 24.3 Å². The number of nitrogens with zero attached hydrogens (tertiary/aromatic N) is 1. The summed E-state index contributed by atoms with van der Waals surface area (Å²) in [6.45, 7) is 4.44. The number of anilines is 1. The lowest BCUT2D eigenvalue weighted by Gasteiger charge is -2.15. The first-order valence-corrected chi connectivity index (χ1v) is 7.38. The van der Waals surface area contributed by atoms with Gasteiger partial charge in [0.25, 0.3) is 5.69 Å². The van der Waals surface area contributed by atoms with Crippen molar-refractivity contribution >= 4 is 17.3 Å². The molecule has 0 aliphatic rings. The van der Waals surface area contributed by atoms with Gasteiger partial charge in [-0.25, -0.2) is 0 Å². The molecular formula is C15H23N3O4. The number of nitrogens with one attached hydrogen (secondary N) is 2. The summed E-state index contributed by atoms with van der Waals surface area (Å²) >= 11 is 0. The average molecular weight is 309 g/mol. The Morgan fingerprint density at radius 2 is 2.18 bits per heavy atom. The van der Waals surface area contributed by atoms with Crippen molar-refractivity contribution in [3.8, 4) is 0 Å². The van der Waals surface area contributed by atoms with Crippen molar-refractivity contribution in [3.05, 3.63) is 34.4 Å². The molecule has 7 heteroatoms. The highest BCUT2D eigenvalue weighted by Crippen LogP contribution is 2.17. The average Bonchev–Trinajstić information content (AvgIpc) is 2.46. The van der Waals surface area contributed by atoms with Crippen molar-refractivity contribution in [1.82, 2.24) is 5.32 Å². The zero-order valence-electron chi connectivity index (χ0n) is 12.9. The normalized spacial score (nSPS) is 13.4. The van der Waals surface area contributed by atoms with Crippen molar-refractivity contribution in [1.29, 1.82) is 0 Å². The molecule has 0 aromatic heterocycles. The number of amides is 1. The van der Waals surface area contributed by atoms with E-state index in [1.54, 1.807) is 6.07 Å². The Balaban J connectivity index is 2.39. The Morgan fingerprint density at radius 3 is 2.82 bits per heavy atom. The molecule has 1 aromatic carbocycles. The Kier molecular flexibility index (Phi) is 7.48. The maximum absolute atomic E-state index is 11.9. The molecule has 22 heavy (non-hydrogen) atoms. The Hall–Kier alpha value is -1.99. The molecule has 3 N–H and O–H groups in total. The summed E-state index contributed by atoms with van der Waals surface area (Å²) in [4.78, 5) is 22.1. The predicted octanol–water partition coefficient (Wildman–Crippen LogP) is 2.06. The van der Waals surface area contributed by atoms with Crippen molar-refractivity contribution < 1.29 is 14.8 Å². The molecule has 0 spiro atoms. The van der Waals surface area contributed by atoms with Crippen LogP contribution in [0, 0.1) is 10.1 Å². The minimum absolute atomic E-state index is 0.0391. The summed E-state index contributed by atoms with van der Waals surface area (Å²) in [5.41, 5.74) is 0.352. The largest absolute Gasteiger partial charge is 0.393 e. The zero-order chi connectivity index (χ0) is 16.5. The van der Waals surface area contributed by atoms with E-state index in [1.807, 2.05) is 13.8 Å². The van der Waals surface area contributed by atoms with Gasteiger partial charge in [0.1, 0.15) is 0 Å². The summed E-state index contributed by atoms with van der Waals surface area (Å²) < 4.78 is 0. The Bertz CT molecular complexity index is 507. The Morgan fingerprint density at radius 1 is 1.45 bits per heavy atom. The lowest BCUT2D eigenvalue weighted by molar-refractivity contribution is -0.384. The first-order valence-electron chi connectivity index (χ1n) is 7.38. The standard InChI is InChI=1S/C15H23N3O4/c1-3-14(19)7-8-16-11(2)9-15(20)17-12-5-4-6-13(10-12)18(21)22/h4-6,10-11,14,16,19H,3,7-9H2,1-2H3,(H,17,20). The number of carbonyl (C=O) groups is 1. The molecule has 0 heterocycles. The lowest BCUT2D eigenvalue weighted by Crippen LogP contribution is -2.32. The second-order valence-electron chi connectivity index (χ2n) is 5.27. The summed E-state index contributed by atoms with van der Waals surface area (Å²) in [6, 6.07) is 5.80. The van der Waals surface area contributed by atoms with Crippen LogP contribution < -0.4 is 10.6 Å². The quantitative estimate of drug-likeness (QED) is 0.478. The summed E-state index contributed by atoms with van der Waals surface area (Å²) in [5, 5.41) is 25.9. The molecular weight excluding hydrogens is 286 g/mol. The fourth-order valence-corrected chi connectivity index (χ4v) is 1.96.